The molecule has 3 N–H and O–H groups in total. The normalized spacial score (nSPS) is 12.4. The third-order valence-electron chi connectivity index (χ3n) is 2.54. The average Bonchev–Trinajstić information content (AvgIpc) is 2.29. The van der Waals surface area contributed by atoms with Crippen LogP contribution in [0.4, 0.5) is 10.1 Å². The quantitative estimate of drug-likeness (QED) is 0.806. The van der Waals surface area contributed by atoms with Crippen molar-refractivity contribution in [3.8, 4) is 0 Å². The first-order chi connectivity index (χ1) is 8.09. The predicted octanol–water partition coefficient (Wildman–Crippen LogP) is 3.14. The first-order valence-electron chi connectivity index (χ1n) is 5.07. The molecule has 0 aliphatic heterocycles. The first kappa shape index (κ1) is 11.9. The summed E-state index contributed by atoms with van der Waals surface area (Å²) in [6.07, 6.45) is -1.09. The number of aliphatic hydroxyl groups is 1. The van der Waals surface area contributed by atoms with Crippen molar-refractivity contribution >= 4 is 17.3 Å². The molecule has 0 radical (unpaired) electrons. The molecule has 0 aliphatic carbocycles. The summed E-state index contributed by atoms with van der Waals surface area (Å²) < 4.78 is 13.5. The van der Waals surface area contributed by atoms with Gasteiger partial charge in [-0.05, 0) is 18.2 Å². The van der Waals surface area contributed by atoms with Gasteiger partial charge in [0.1, 0.15) is 11.9 Å². The van der Waals surface area contributed by atoms with Crippen LogP contribution in [0.2, 0.25) is 5.02 Å². The van der Waals surface area contributed by atoms with Crippen LogP contribution in [0.3, 0.4) is 0 Å². The number of halogens is 2. The number of nitrogen functional groups attached to an aromatic ring is 1. The van der Waals surface area contributed by atoms with Crippen molar-refractivity contribution in [2.24, 2.45) is 0 Å². The maximum atomic E-state index is 13.5. The van der Waals surface area contributed by atoms with Crippen molar-refractivity contribution in [1.82, 2.24) is 0 Å². The third-order valence-corrected chi connectivity index (χ3v) is 2.78. The highest BCUT2D eigenvalue weighted by atomic mass is 35.5. The Morgan fingerprint density at radius 1 is 1.12 bits per heavy atom. The SMILES string of the molecule is Nc1cc(Cl)ccc1C(O)c1ccccc1F. The second-order valence-electron chi connectivity index (χ2n) is 3.70. The summed E-state index contributed by atoms with van der Waals surface area (Å²) in [5.41, 5.74) is 6.72. The summed E-state index contributed by atoms with van der Waals surface area (Å²) in [6, 6.07) is 10.8. The fraction of sp³-hybridized carbons (Fsp3) is 0.0769. The van der Waals surface area contributed by atoms with Gasteiger partial charge in [-0.15, -0.1) is 0 Å². The van der Waals surface area contributed by atoms with Gasteiger partial charge in [-0.3, -0.25) is 0 Å². The number of hydrogen-bond donors (Lipinski definition) is 2. The Morgan fingerprint density at radius 3 is 2.47 bits per heavy atom. The van der Waals surface area contributed by atoms with Gasteiger partial charge in [0.05, 0.1) is 0 Å². The minimum absolute atomic E-state index is 0.196. The zero-order valence-corrected chi connectivity index (χ0v) is 9.66. The zero-order valence-electron chi connectivity index (χ0n) is 8.90. The maximum Gasteiger partial charge on any atom is 0.129 e. The third kappa shape index (κ3) is 2.40. The Hall–Kier alpha value is -1.58. The van der Waals surface area contributed by atoms with Crippen molar-refractivity contribution in [2.45, 2.75) is 6.10 Å². The van der Waals surface area contributed by atoms with E-state index in [4.69, 9.17) is 17.3 Å². The largest absolute Gasteiger partial charge is 0.398 e. The van der Waals surface area contributed by atoms with Crippen molar-refractivity contribution in [2.75, 3.05) is 5.73 Å². The fourth-order valence-electron chi connectivity index (χ4n) is 1.66. The van der Waals surface area contributed by atoms with E-state index in [9.17, 15) is 9.50 Å². The lowest BCUT2D eigenvalue weighted by atomic mass is 10.00. The molecule has 0 saturated carbocycles. The zero-order chi connectivity index (χ0) is 12.4. The van der Waals surface area contributed by atoms with E-state index < -0.39 is 11.9 Å². The smallest absolute Gasteiger partial charge is 0.129 e. The molecule has 0 aliphatic rings. The van der Waals surface area contributed by atoms with E-state index in [1.807, 2.05) is 0 Å². The summed E-state index contributed by atoms with van der Waals surface area (Å²) in [7, 11) is 0. The standard InChI is InChI=1S/C13H11ClFNO/c14-8-5-6-10(12(16)7-8)13(17)9-3-1-2-4-11(9)15/h1-7,13,17H,16H2. The van der Waals surface area contributed by atoms with Crippen molar-refractivity contribution < 1.29 is 9.50 Å². The Bertz CT molecular complexity index is 545. The van der Waals surface area contributed by atoms with Crippen LogP contribution in [-0.4, -0.2) is 5.11 Å². The van der Waals surface area contributed by atoms with E-state index in [1.165, 1.54) is 18.2 Å². The molecule has 2 nitrogen and oxygen atoms in total. The molecule has 0 saturated heterocycles. The van der Waals surface area contributed by atoms with Gasteiger partial charge < -0.3 is 10.8 Å². The van der Waals surface area contributed by atoms with E-state index in [-0.39, 0.29) is 5.56 Å². The summed E-state index contributed by atoms with van der Waals surface area (Å²) in [5, 5.41) is 10.6. The molecular weight excluding hydrogens is 241 g/mol. The van der Waals surface area contributed by atoms with E-state index in [0.29, 0.717) is 16.3 Å². The van der Waals surface area contributed by atoms with Gasteiger partial charge in [-0.2, -0.15) is 0 Å². The highest BCUT2D eigenvalue weighted by molar-refractivity contribution is 6.30. The Kier molecular flexibility index (Phi) is 3.31. The number of benzene rings is 2. The van der Waals surface area contributed by atoms with Crippen LogP contribution in [0.25, 0.3) is 0 Å². The van der Waals surface area contributed by atoms with Crippen molar-refractivity contribution in [3.63, 3.8) is 0 Å². The molecule has 1 unspecified atom stereocenters. The van der Waals surface area contributed by atoms with Gasteiger partial charge in [-0.1, -0.05) is 35.9 Å². The number of rotatable bonds is 2. The number of hydrogen-bond acceptors (Lipinski definition) is 2. The first-order valence-corrected chi connectivity index (χ1v) is 5.45. The molecule has 4 heteroatoms. The molecule has 2 aromatic carbocycles. The van der Waals surface area contributed by atoms with Crippen molar-refractivity contribution in [1.29, 1.82) is 0 Å². The van der Waals surface area contributed by atoms with Gasteiger partial charge in [-0.25, -0.2) is 4.39 Å². The van der Waals surface area contributed by atoms with Gasteiger partial charge in [0, 0.05) is 21.8 Å². The second kappa shape index (κ2) is 4.73. The Labute approximate surface area is 103 Å². The van der Waals surface area contributed by atoms with Crippen LogP contribution >= 0.6 is 11.6 Å². The molecule has 88 valence electrons. The predicted molar refractivity (Wildman–Crippen MR) is 66.3 cm³/mol. The maximum absolute atomic E-state index is 13.5. The molecule has 2 aromatic rings. The molecule has 2 rings (SSSR count). The van der Waals surface area contributed by atoms with Gasteiger partial charge in [0.2, 0.25) is 0 Å². The molecule has 0 heterocycles. The lowest BCUT2D eigenvalue weighted by Gasteiger charge is -2.14. The second-order valence-corrected chi connectivity index (χ2v) is 4.13. The number of aliphatic hydroxyl groups excluding tert-OH is 1. The topological polar surface area (TPSA) is 46.2 Å². The summed E-state index contributed by atoms with van der Waals surface area (Å²) in [6.45, 7) is 0. The van der Waals surface area contributed by atoms with Crippen LogP contribution in [0.15, 0.2) is 42.5 Å². The van der Waals surface area contributed by atoms with E-state index in [1.54, 1.807) is 24.3 Å². The van der Waals surface area contributed by atoms with Gasteiger partial charge in [0.15, 0.2) is 0 Å². The van der Waals surface area contributed by atoms with Crippen LogP contribution in [0.1, 0.15) is 17.2 Å². The van der Waals surface area contributed by atoms with Crippen LogP contribution < -0.4 is 5.73 Å². The Morgan fingerprint density at radius 2 is 1.82 bits per heavy atom. The number of nitrogens with two attached hydrogens (primary N) is 1. The average molecular weight is 252 g/mol. The molecule has 0 aromatic heterocycles. The molecule has 0 fully saturated rings. The van der Waals surface area contributed by atoms with Crippen LogP contribution in [-0.2, 0) is 0 Å². The van der Waals surface area contributed by atoms with E-state index in [2.05, 4.69) is 0 Å². The minimum atomic E-state index is -1.09. The lowest BCUT2D eigenvalue weighted by Crippen LogP contribution is -2.05. The Balaban J connectivity index is 2.44. The highest BCUT2D eigenvalue weighted by Crippen LogP contribution is 2.29. The summed E-state index contributed by atoms with van der Waals surface area (Å²) in [5.74, 6) is -0.464. The summed E-state index contributed by atoms with van der Waals surface area (Å²) >= 11 is 5.76. The molecule has 0 spiro atoms. The van der Waals surface area contributed by atoms with E-state index in [0.717, 1.165) is 0 Å². The summed E-state index contributed by atoms with van der Waals surface area (Å²) in [4.78, 5) is 0. The number of anilines is 1. The monoisotopic (exact) mass is 251 g/mol. The molecule has 1 atom stereocenters. The molecule has 0 amide bonds. The van der Waals surface area contributed by atoms with Crippen LogP contribution in [0.5, 0.6) is 0 Å². The minimum Gasteiger partial charge on any atom is -0.398 e. The van der Waals surface area contributed by atoms with Gasteiger partial charge >= 0.3 is 0 Å². The molecular formula is C13H11ClFNO. The van der Waals surface area contributed by atoms with Crippen LogP contribution in [0, 0.1) is 5.82 Å². The van der Waals surface area contributed by atoms with Crippen molar-refractivity contribution in [3.05, 3.63) is 64.4 Å². The fourth-order valence-corrected chi connectivity index (χ4v) is 1.84. The highest BCUT2D eigenvalue weighted by Gasteiger charge is 2.16. The molecule has 0 bridgehead atoms. The van der Waals surface area contributed by atoms with E-state index >= 15 is 0 Å². The van der Waals surface area contributed by atoms with Gasteiger partial charge in [0.25, 0.3) is 0 Å². The lowest BCUT2D eigenvalue weighted by molar-refractivity contribution is 0.215. The molecule has 17 heavy (non-hydrogen) atoms.